The average molecular weight is 375 g/mol. The quantitative estimate of drug-likeness (QED) is 0.798. The second-order valence-corrected chi connectivity index (χ2v) is 7.37. The molecule has 2 N–H and O–H groups in total. The molecule has 0 saturated heterocycles. The zero-order valence-electron chi connectivity index (χ0n) is 15.3. The summed E-state index contributed by atoms with van der Waals surface area (Å²) >= 11 is 6.00. The molecule has 6 heteroatoms. The zero-order valence-corrected chi connectivity index (χ0v) is 16.1. The lowest BCUT2D eigenvalue weighted by Crippen LogP contribution is -2.47. The fourth-order valence-corrected chi connectivity index (χ4v) is 2.38. The van der Waals surface area contributed by atoms with Gasteiger partial charge in [-0.05, 0) is 42.2 Å². The predicted octanol–water partition coefficient (Wildman–Crippen LogP) is 3.87. The Labute approximate surface area is 158 Å². The van der Waals surface area contributed by atoms with Crippen LogP contribution in [0.1, 0.15) is 43.6 Å². The molecule has 0 bridgehead atoms. The lowest BCUT2D eigenvalue weighted by Gasteiger charge is -2.19. The van der Waals surface area contributed by atoms with E-state index in [1.165, 1.54) is 0 Å². The number of nitrogens with one attached hydrogen (secondary N) is 2. The van der Waals surface area contributed by atoms with Gasteiger partial charge in [0, 0.05) is 5.56 Å². The Morgan fingerprint density at radius 1 is 1.00 bits per heavy atom. The highest BCUT2D eigenvalue weighted by Gasteiger charge is 2.18. The molecule has 0 saturated carbocycles. The van der Waals surface area contributed by atoms with Crippen LogP contribution in [0.25, 0.3) is 0 Å². The van der Waals surface area contributed by atoms with Crippen LogP contribution in [0.5, 0.6) is 5.75 Å². The second-order valence-electron chi connectivity index (χ2n) is 6.96. The van der Waals surface area contributed by atoms with Crippen molar-refractivity contribution in [3.05, 3.63) is 64.7 Å². The fraction of sp³-hybridized carbons (Fsp3) is 0.300. The van der Waals surface area contributed by atoms with Gasteiger partial charge in [0.25, 0.3) is 11.8 Å². The maximum atomic E-state index is 12.2. The van der Waals surface area contributed by atoms with Gasteiger partial charge in [-0.25, -0.2) is 0 Å². The molecule has 0 spiro atoms. The van der Waals surface area contributed by atoms with E-state index in [4.69, 9.17) is 16.3 Å². The van der Waals surface area contributed by atoms with Crippen molar-refractivity contribution in [2.75, 3.05) is 0 Å². The van der Waals surface area contributed by atoms with E-state index >= 15 is 0 Å². The molecule has 1 atom stereocenters. The van der Waals surface area contributed by atoms with Gasteiger partial charge >= 0.3 is 0 Å². The first-order valence-electron chi connectivity index (χ1n) is 8.30. The summed E-state index contributed by atoms with van der Waals surface area (Å²) in [7, 11) is 0. The number of hydrogen-bond acceptors (Lipinski definition) is 3. The number of hydrazine groups is 1. The highest BCUT2D eigenvalue weighted by atomic mass is 35.5. The molecule has 0 radical (unpaired) electrons. The number of amides is 2. The number of halogens is 1. The first-order chi connectivity index (χ1) is 12.2. The average Bonchev–Trinajstić information content (AvgIpc) is 2.60. The van der Waals surface area contributed by atoms with E-state index in [1.807, 2.05) is 12.1 Å². The Hall–Kier alpha value is -2.53. The molecule has 5 nitrogen and oxygen atoms in total. The van der Waals surface area contributed by atoms with Gasteiger partial charge in [-0.3, -0.25) is 20.4 Å². The Balaban J connectivity index is 1.90. The Morgan fingerprint density at radius 2 is 1.62 bits per heavy atom. The van der Waals surface area contributed by atoms with Gasteiger partial charge in [0.05, 0.1) is 5.02 Å². The highest BCUT2D eigenvalue weighted by molar-refractivity contribution is 6.32. The van der Waals surface area contributed by atoms with E-state index in [9.17, 15) is 9.59 Å². The number of rotatable bonds is 4. The van der Waals surface area contributed by atoms with Crippen LogP contribution < -0.4 is 15.6 Å². The van der Waals surface area contributed by atoms with E-state index in [1.54, 1.807) is 43.3 Å². The minimum absolute atomic E-state index is 0.00864. The molecule has 2 aromatic carbocycles. The van der Waals surface area contributed by atoms with Gasteiger partial charge in [-0.15, -0.1) is 0 Å². The molecule has 0 aliphatic heterocycles. The predicted molar refractivity (Wildman–Crippen MR) is 102 cm³/mol. The van der Waals surface area contributed by atoms with Gasteiger partial charge in [-0.1, -0.05) is 56.6 Å². The van der Waals surface area contributed by atoms with Crippen LogP contribution in [0, 0.1) is 0 Å². The zero-order chi connectivity index (χ0) is 19.3. The third kappa shape index (κ3) is 5.23. The van der Waals surface area contributed by atoms with E-state index in [2.05, 4.69) is 31.6 Å². The first kappa shape index (κ1) is 19.8. The summed E-state index contributed by atoms with van der Waals surface area (Å²) in [5.74, 6) is -0.478. The molecule has 0 aliphatic rings. The van der Waals surface area contributed by atoms with Gasteiger partial charge in [0.1, 0.15) is 5.75 Å². The van der Waals surface area contributed by atoms with Crippen LogP contribution in [0.15, 0.2) is 48.5 Å². The maximum absolute atomic E-state index is 12.2. The van der Waals surface area contributed by atoms with Crippen molar-refractivity contribution in [3.63, 3.8) is 0 Å². The first-order valence-corrected chi connectivity index (χ1v) is 8.68. The van der Waals surface area contributed by atoms with Gasteiger partial charge < -0.3 is 4.74 Å². The molecular formula is C20H23ClN2O3. The summed E-state index contributed by atoms with van der Waals surface area (Å²) in [6, 6.07) is 14.1. The minimum Gasteiger partial charge on any atom is -0.479 e. The minimum atomic E-state index is -0.821. The molecule has 1 unspecified atom stereocenters. The molecular weight excluding hydrogens is 352 g/mol. The number of hydrogen-bond donors (Lipinski definition) is 2. The summed E-state index contributed by atoms with van der Waals surface area (Å²) in [5, 5.41) is 0.412. The van der Waals surface area contributed by atoms with E-state index in [0.717, 1.165) is 5.56 Å². The number of carbonyl (C=O) groups is 2. The summed E-state index contributed by atoms with van der Waals surface area (Å²) in [6.45, 7) is 7.87. The Morgan fingerprint density at radius 3 is 2.19 bits per heavy atom. The van der Waals surface area contributed by atoms with Crippen LogP contribution in [-0.4, -0.2) is 17.9 Å². The lowest BCUT2D eigenvalue weighted by atomic mass is 9.87. The van der Waals surface area contributed by atoms with Crippen molar-refractivity contribution in [1.82, 2.24) is 10.9 Å². The van der Waals surface area contributed by atoms with Gasteiger partial charge in [0.15, 0.2) is 6.10 Å². The topological polar surface area (TPSA) is 67.4 Å². The summed E-state index contributed by atoms with van der Waals surface area (Å²) in [6.07, 6.45) is -0.821. The number of carbonyl (C=O) groups excluding carboxylic acids is 2. The molecule has 2 aromatic rings. The summed E-state index contributed by atoms with van der Waals surface area (Å²) in [5.41, 5.74) is 6.34. The third-order valence-corrected chi connectivity index (χ3v) is 4.13. The molecule has 2 amide bonds. The van der Waals surface area contributed by atoms with Crippen LogP contribution >= 0.6 is 11.6 Å². The van der Waals surface area contributed by atoms with Crippen molar-refractivity contribution in [3.8, 4) is 5.75 Å². The van der Waals surface area contributed by atoms with Crippen LogP contribution in [0.2, 0.25) is 5.02 Å². The third-order valence-electron chi connectivity index (χ3n) is 3.82. The van der Waals surface area contributed by atoms with Crippen LogP contribution in [0.3, 0.4) is 0 Å². The highest BCUT2D eigenvalue weighted by Crippen LogP contribution is 2.24. The number of para-hydroxylation sites is 1. The molecule has 2 rings (SSSR count). The fourth-order valence-electron chi connectivity index (χ4n) is 2.20. The van der Waals surface area contributed by atoms with Crippen LogP contribution in [0.4, 0.5) is 0 Å². The summed E-state index contributed by atoms with van der Waals surface area (Å²) in [4.78, 5) is 24.2. The number of ether oxygens (including phenoxy) is 1. The molecule has 0 aliphatic carbocycles. The maximum Gasteiger partial charge on any atom is 0.279 e. The van der Waals surface area contributed by atoms with E-state index in [-0.39, 0.29) is 5.41 Å². The van der Waals surface area contributed by atoms with Crippen LogP contribution in [-0.2, 0) is 10.2 Å². The second kappa shape index (κ2) is 8.23. The van der Waals surface area contributed by atoms with Crippen molar-refractivity contribution in [1.29, 1.82) is 0 Å². The largest absolute Gasteiger partial charge is 0.479 e. The van der Waals surface area contributed by atoms with E-state index in [0.29, 0.717) is 16.3 Å². The van der Waals surface area contributed by atoms with E-state index < -0.39 is 17.9 Å². The van der Waals surface area contributed by atoms with Crippen molar-refractivity contribution < 1.29 is 14.3 Å². The van der Waals surface area contributed by atoms with Gasteiger partial charge in [0.2, 0.25) is 0 Å². The molecule has 138 valence electrons. The Kier molecular flexibility index (Phi) is 6.27. The molecule has 26 heavy (non-hydrogen) atoms. The standard InChI is InChI=1S/C20H23ClN2O3/c1-13(26-17-8-6-5-7-16(17)21)18(24)22-23-19(25)14-9-11-15(12-10-14)20(2,3)4/h5-13H,1-4H3,(H,22,24)(H,23,25). The lowest BCUT2D eigenvalue weighted by molar-refractivity contribution is -0.128. The smallest absolute Gasteiger partial charge is 0.279 e. The normalized spacial score (nSPS) is 12.2. The van der Waals surface area contributed by atoms with Gasteiger partial charge in [-0.2, -0.15) is 0 Å². The van der Waals surface area contributed by atoms with Crippen molar-refractivity contribution >= 4 is 23.4 Å². The SMILES string of the molecule is CC(Oc1ccccc1Cl)C(=O)NNC(=O)c1ccc(C(C)(C)C)cc1. The molecule has 0 fully saturated rings. The number of benzene rings is 2. The Bertz CT molecular complexity index is 782. The molecule has 0 aromatic heterocycles. The molecule has 0 heterocycles. The monoisotopic (exact) mass is 374 g/mol. The summed E-state index contributed by atoms with van der Waals surface area (Å²) < 4.78 is 5.50. The van der Waals surface area contributed by atoms with Crippen molar-refractivity contribution in [2.45, 2.75) is 39.2 Å². The van der Waals surface area contributed by atoms with Crippen molar-refractivity contribution in [2.24, 2.45) is 0 Å².